The maximum Gasteiger partial charge on any atom is 0.224 e. The van der Waals surface area contributed by atoms with Crippen LogP contribution in [0.1, 0.15) is 12.8 Å². The zero-order valence-corrected chi connectivity index (χ0v) is 7.92. The van der Waals surface area contributed by atoms with Crippen LogP contribution in [0, 0.1) is 0 Å². The summed E-state index contributed by atoms with van der Waals surface area (Å²) in [5.41, 5.74) is 0.724. The van der Waals surface area contributed by atoms with Crippen molar-refractivity contribution in [3.05, 3.63) is 24.5 Å². The van der Waals surface area contributed by atoms with Crippen LogP contribution in [-0.2, 0) is 4.79 Å². The molecule has 0 atom stereocenters. The lowest BCUT2D eigenvalue weighted by atomic mass is 10.3. The molecule has 1 heterocycles. The van der Waals surface area contributed by atoms with Crippen molar-refractivity contribution in [3.8, 4) is 0 Å². The van der Waals surface area contributed by atoms with E-state index in [9.17, 15) is 4.79 Å². The van der Waals surface area contributed by atoms with E-state index in [4.69, 9.17) is 11.6 Å². The van der Waals surface area contributed by atoms with Gasteiger partial charge >= 0.3 is 0 Å². The minimum absolute atomic E-state index is 0.0198. The highest BCUT2D eigenvalue weighted by atomic mass is 35.5. The molecule has 0 fully saturated rings. The average molecular weight is 199 g/mol. The first-order chi connectivity index (χ1) is 6.33. The molecule has 0 aliphatic heterocycles. The maximum absolute atomic E-state index is 11.2. The van der Waals surface area contributed by atoms with Gasteiger partial charge < -0.3 is 5.32 Å². The van der Waals surface area contributed by atoms with E-state index in [1.807, 2.05) is 0 Å². The first-order valence-electron chi connectivity index (χ1n) is 4.09. The summed E-state index contributed by atoms with van der Waals surface area (Å²) >= 11 is 5.46. The van der Waals surface area contributed by atoms with Gasteiger partial charge in [-0.3, -0.25) is 9.78 Å². The topological polar surface area (TPSA) is 42.0 Å². The van der Waals surface area contributed by atoms with E-state index < -0.39 is 0 Å². The number of nitrogens with zero attached hydrogens (tertiary/aromatic N) is 1. The molecule has 1 N–H and O–H groups in total. The number of alkyl halides is 1. The highest BCUT2D eigenvalue weighted by Gasteiger charge is 2.00. The standard InChI is InChI=1S/C9H11ClN2O/c10-5-1-4-9(13)12-8-3-2-6-11-7-8/h2-3,6-7H,1,4-5H2,(H,12,13). The molecule has 1 amide bonds. The van der Waals surface area contributed by atoms with Crippen molar-refractivity contribution in [1.82, 2.24) is 4.98 Å². The van der Waals surface area contributed by atoms with E-state index in [2.05, 4.69) is 10.3 Å². The van der Waals surface area contributed by atoms with Gasteiger partial charge in [-0.25, -0.2) is 0 Å². The van der Waals surface area contributed by atoms with E-state index in [1.54, 1.807) is 24.5 Å². The lowest BCUT2D eigenvalue weighted by molar-refractivity contribution is -0.116. The van der Waals surface area contributed by atoms with E-state index in [0.717, 1.165) is 5.69 Å². The maximum atomic E-state index is 11.2. The van der Waals surface area contributed by atoms with Gasteiger partial charge in [-0.2, -0.15) is 0 Å². The number of halogens is 1. The van der Waals surface area contributed by atoms with Crippen molar-refractivity contribution in [2.24, 2.45) is 0 Å². The number of carbonyl (C=O) groups is 1. The summed E-state index contributed by atoms with van der Waals surface area (Å²) in [5.74, 6) is 0.495. The summed E-state index contributed by atoms with van der Waals surface area (Å²) in [5, 5.41) is 2.72. The number of hydrogen-bond donors (Lipinski definition) is 1. The summed E-state index contributed by atoms with van der Waals surface area (Å²) in [6, 6.07) is 3.57. The zero-order valence-electron chi connectivity index (χ0n) is 7.16. The largest absolute Gasteiger partial charge is 0.325 e. The van der Waals surface area contributed by atoms with Crippen LogP contribution in [-0.4, -0.2) is 16.8 Å². The molecule has 13 heavy (non-hydrogen) atoms. The van der Waals surface area contributed by atoms with Crippen molar-refractivity contribution in [1.29, 1.82) is 0 Å². The van der Waals surface area contributed by atoms with Crippen molar-refractivity contribution < 1.29 is 4.79 Å². The number of carbonyl (C=O) groups excluding carboxylic acids is 1. The van der Waals surface area contributed by atoms with E-state index in [-0.39, 0.29) is 5.91 Å². The van der Waals surface area contributed by atoms with Crippen molar-refractivity contribution in [2.75, 3.05) is 11.2 Å². The number of pyridine rings is 1. The molecule has 1 rings (SSSR count). The molecule has 0 aromatic carbocycles. The Balaban J connectivity index is 2.37. The number of anilines is 1. The summed E-state index contributed by atoms with van der Waals surface area (Å²) in [4.78, 5) is 15.1. The second-order valence-corrected chi connectivity index (χ2v) is 2.96. The van der Waals surface area contributed by atoms with Crippen molar-refractivity contribution in [3.63, 3.8) is 0 Å². The first-order valence-corrected chi connectivity index (χ1v) is 4.62. The van der Waals surface area contributed by atoms with Gasteiger partial charge in [0, 0.05) is 18.5 Å². The van der Waals surface area contributed by atoms with Crippen molar-refractivity contribution >= 4 is 23.2 Å². The molecule has 3 nitrogen and oxygen atoms in total. The fourth-order valence-corrected chi connectivity index (χ4v) is 1.02. The van der Waals surface area contributed by atoms with E-state index in [1.165, 1.54) is 0 Å². The van der Waals surface area contributed by atoms with Crippen LogP contribution in [0.25, 0.3) is 0 Å². The first kappa shape index (κ1) is 9.99. The van der Waals surface area contributed by atoms with Crippen LogP contribution in [0.3, 0.4) is 0 Å². The van der Waals surface area contributed by atoms with Gasteiger partial charge in [0.05, 0.1) is 11.9 Å². The third kappa shape index (κ3) is 3.90. The number of hydrogen-bond acceptors (Lipinski definition) is 2. The van der Waals surface area contributed by atoms with Crippen LogP contribution in [0.2, 0.25) is 0 Å². The molecule has 0 bridgehead atoms. The van der Waals surface area contributed by atoms with Gasteiger partial charge in [0.2, 0.25) is 5.91 Å². The quantitative estimate of drug-likeness (QED) is 0.753. The summed E-state index contributed by atoms with van der Waals surface area (Å²) in [6.07, 6.45) is 4.43. The lowest BCUT2D eigenvalue weighted by Gasteiger charge is -2.02. The molecular formula is C9H11ClN2O. The molecule has 1 aromatic heterocycles. The van der Waals surface area contributed by atoms with E-state index in [0.29, 0.717) is 18.7 Å². The van der Waals surface area contributed by atoms with Gasteiger partial charge in [0.1, 0.15) is 0 Å². The molecule has 4 heteroatoms. The number of aromatic nitrogens is 1. The minimum atomic E-state index is -0.0198. The Labute approximate surface area is 82.1 Å². The van der Waals surface area contributed by atoms with Gasteiger partial charge in [-0.05, 0) is 18.6 Å². The number of nitrogens with one attached hydrogen (secondary N) is 1. The van der Waals surface area contributed by atoms with Crippen LogP contribution >= 0.6 is 11.6 Å². The Morgan fingerprint density at radius 3 is 3.08 bits per heavy atom. The third-order valence-corrected chi connectivity index (χ3v) is 1.75. The zero-order chi connectivity index (χ0) is 9.52. The Hall–Kier alpha value is -1.09. The highest BCUT2D eigenvalue weighted by Crippen LogP contribution is 2.04. The predicted molar refractivity (Wildman–Crippen MR) is 52.8 cm³/mol. The molecule has 0 spiro atoms. The Kier molecular flexibility index (Phi) is 4.26. The minimum Gasteiger partial charge on any atom is -0.325 e. The second kappa shape index (κ2) is 5.54. The van der Waals surface area contributed by atoms with Crippen LogP contribution < -0.4 is 5.32 Å². The number of rotatable bonds is 4. The second-order valence-electron chi connectivity index (χ2n) is 2.58. The molecule has 1 aromatic rings. The van der Waals surface area contributed by atoms with E-state index >= 15 is 0 Å². The molecule has 0 aliphatic carbocycles. The number of amides is 1. The van der Waals surface area contributed by atoms with Crippen LogP contribution in [0.15, 0.2) is 24.5 Å². The normalized spacial score (nSPS) is 9.62. The molecule has 0 unspecified atom stereocenters. The fraction of sp³-hybridized carbons (Fsp3) is 0.333. The molecule has 0 saturated heterocycles. The fourth-order valence-electron chi connectivity index (χ4n) is 0.888. The van der Waals surface area contributed by atoms with Crippen LogP contribution in [0.4, 0.5) is 5.69 Å². The molecule has 0 saturated carbocycles. The lowest BCUT2D eigenvalue weighted by Crippen LogP contribution is -2.11. The van der Waals surface area contributed by atoms with Gasteiger partial charge in [-0.1, -0.05) is 0 Å². The predicted octanol–water partition coefficient (Wildman–Crippen LogP) is 2.04. The third-order valence-electron chi connectivity index (χ3n) is 1.48. The van der Waals surface area contributed by atoms with Gasteiger partial charge in [0.25, 0.3) is 0 Å². The van der Waals surface area contributed by atoms with Gasteiger partial charge in [-0.15, -0.1) is 11.6 Å². The highest BCUT2D eigenvalue weighted by molar-refractivity contribution is 6.18. The molecule has 0 aliphatic rings. The molecule has 70 valence electrons. The summed E-state index contributed by atoms with van der Waals surface area (Å²) in [7, 11) is 0. The average Bonchev–Trinajstić information content (AvgIpc) is 2.16. The molecule has 0 radical (unpaired) electrons. The van der Waals surface area contributed by atoms with Crippen LogP contribution in [0.5, 0.6) is 0 Å². The Morgan fingerprint density at radius 1 is 1.62 bits per heavy atom. The Bertz CT molecular complexity index is 264. The summed E-state index contributed by atoms with van der Waals surface area (Å²) < 4.78 is 0. The van der Waals surface area contributed by atoms with Crippen molar-refractivity contribution in [2.45, 2.75) is 12.8 Å². The monoisotopic (exact) mass is 198 g/mol. The SMILES string of the molecule is O=C(CCCCl)Nc1cccnc1. The summed E-state index contributed by atoms with van der Waals surface area (Å²) in [6.45, 7) is 0. The molecular weight excluding hydrogens is 188 g/mol. The Morgan fingerprint density at radius 2 is 2.46 bits per heavy atom. The smallest absolute Gasteiger partial charge is 0.224 e. The van der Waals surface area contributed by atoms with Gasteiger partial charge in [0.15, 0.2) is 0 Å².